The highest BCUT2D eigenvalue weighted by molar-refractivity contribution is 6.22. The summed E-state index contributed by atoms with van der Waals surface area (Å²) in [6.45, 7) is 14.3. The van der Waals surface area contributed by atoms with Crippen LogP contribution in [-0.2, 0) is 0 Å². The topological polar surface area (TPSA) is 67.1 Å². The number of nitrogens with two attached hydrogens (primary N) is 1. The van der Waals surface area contributed by atoms with E-state index in [9.17, 15) is 8.78 Å². The summed E-state index contributed by atoms with van der Waals surface area (Å²) in [6, 6.07) is 3.76. The standard InChI is InChI=1S/C13H22N4.C9H8F2/c1-9(2)5-6-15-11(4)12(7-14)13-10(3)8-16-17-13;1-6(2)9-7(10)4-3-5-8(9)11/h7-9H,5-6,14H2,1-4H3,(H,16,17);3-5H,1H2,2H3/b12-7+,15-11?;. The van der Waals surface area contributed by atoms with E-state index >= 15 is 0 Å². The highest BCUT2D eigenvalue weighted by atomic mass is 19.1. The van der Waals surface area contributed by atoms with Gasteiger partial charge in [-0.05, 0) is 56.4 Å². The van der Waals surface area contributed by atoms with Gasteiger partial charge < -0.3 is 5.73 Å². The zero-order valence-electron chi connectivity index (χ0n) is 17.3. The van der Waals surface area contributed by atoms with Crippen molar-refractivity contribution in [3.8, 4) is 0 Å². The second kappa shape index (κ2) is 11.2. The molecule has 152 valence electrons. The number of benzene rings is 1. The van der Waals surface area contributed by atoms with Gasteiger partial charge >= 0.3 is 0 Å². The molecule has 0 atom stereocenters. The number of aromatic nitrogens is 2. The number of nitrogens with one attached hydrogen (secondary N) is 1. The normalized spacial score (nSPS) is 12.0. The van der Waals surface area contributed by atoms with Crippen LogP contribution in [0.1, 0.15) is 50.9 Å². The molecule has 3 N–H and O–H groups in total. The molecule has 4 nitrogen and oxygen atoms in total. The zero-order chi connectivity index (χ0) is 21.3. The van der Waals surface area contributed by atoms with Crippen molar-refractivity contribution in [3.05, 3.63) is 65.6 Å². The van der Waals surface area contributed by atoms with E-state index in [0.717, 1.165) is 35.5 Å². The number of allylic oxidation sites excluding steroid dienone is 2. The molecule has 2 aromatic rings. The minimum Gasteiger partial charge on any atom is -0.404 e. The molecular weight excluding hydrogens is 358 g/mol. The molecule has 1 aromatic carbocycles. The van der Waals surface area contributed by atoms with Crippen LogP contribution in [0.3, 0.4) is 0 Å². The van der Waals surface area contributed by atoms with Crippen LogP contribution in [0.25, 0.3) is 11.1 Å². The maximum atomic E-state index is 12.8. The predicted octanol–water partition coefficient (Wildman–Crippen LogP) is 5.52. The molecule has 0 fully saturated rings. The van der Waals surface area contributed by atoms with E-state index in [4.69, 9.17) is 5.73 Å². The highest BCUT2D eigenvalue weighted by Gasteiger charge is 2.09. The van der Waals surface area contributed by atoms with Gasteiger partial charge in [0.2, 0.25) is 0 Å². The fourth-order valence-electron chi connectivity index (χ4n) is 2.49. The maximum Gasteiger partial charge on any atom is 0.133 e. The van der Waals surface area contributed by atoms with E-state index in [1.165, 1.54) is 18.2 Å². The molecule has 0 amide bonds. The summed E-state index contributed by atoms with van der Waals surface area (Å²) >= 11 is 0. The van der Waals surface area contributed by atoms with Crippen LogP contribution in [-0.4, -0.2) is 22.5 Å². The lowest BCUT2D eigenvalue weighted by molar-refractivity contribution is 0.577. The summed E-state index contributed by atoms with van der Waals surface area (Å²) in [5.41, 5.74) is 9.99. The SMILES string of the molecule is C=C(C)c1c(F)cccc1F.CC(=NCCC(C)C)/C(=C\N)c1[nH]ncc1C. The number of halogens is 2. The Hall–Kier alpha value is -2.76. The second-order valence-corrected chi connectivity index (χ2v) is 7.03. The van der Waals surface area contributed by atoms with Gasteiger partial charge in [-0.25, -0.2) is 8.78 Å². The minimum absolute atomic E-state index is 0.0208. The van der Waals surface area contributed by atoms with Crippen LogP contribution >= 0.6 is 0 Å². The van der Waals surface area contributed by atoms with Gasteiger partial charge in [-0.15, -0.1) is 0 Å². The molecule has 28 heavy (non-hydrogen) atoms. The van der Waals surface area contributed by atoms with Gasteiger partial charge in [0.15, 0.2) is 0 Å². The predicted molar refractivity (Wildman–Crippen MR) is 114 cm³/mol. The molecule has 2 rings (SSSR count). The molecule has 0 spiro atoms. The first-order valence-corrected chi connectivity index (χ1v) is 9.22. The summed E-state index contributed by atoms with van der Waals surface area (Å²) in [4.78, 5) is 4.55. The van der Waals surface area contributed by atoms with Crippen molar-refractivity contribution in [2.75, 3.05) is 6.54 Å². The number of hydrogen-bond acceptors (Lipinski definition) is 3. The lowest BCUT2D eigenvalue weighted by Gasteiger charge is -2.06. The van der Waals surface area contributed by atoms with Crippen molar-refractivity contribution >= 4 is 16.9 Å². The Labute approximate surface area is 166 Å². The van der Waals surface area contributed by atoms with Crippen molar-refractivity contribution in [2.45, 2.75) is 41.0 Å². The van der Waals surface area contributed by atoms with Crippen LogP contribution < -0.4 is 5.73 Å². The quantitative estimate of drug-likeness (QED) is 0.640. The largest absolute Gasteiger partial charge is 0.404 e. The van der Waals surface area contributed by atoms with Crippen LogP contribution in [0.15, 0.2) is 42.2 Å². The zero-order valence-corrected chi connectivity index (χ0v) is 17.3. The molecule has 0 radical (unpaired) electrons. The summed E-state index contributed by atoms with van der Waals surface area (Å²) < 4.78 is 25.6. The average molecular weight is 389 g/mol. The molecule has 0 aliphatic heterocycles. The molecule has 0 unspecified atom stereocenters. The number of aryl methyl sites for hydroxylation is 1. The summed E-state index contributed by atoms with van der Waals surface area (Å²) in [5.74, 6) is -0.444. The third-order valence-corrected chi connectivity index (χ3v) is 4.10. The third-order valence-electron chi connectivity index (χ3n) is 4.10. The second-order valence-electron chi connectivity index (χ2n) is 7.03. The summed E-state index contributed by atoms with van der Waals surface area (Å²) in [7, 11) is 0. The van der Waals surface area contributed by atoms with Crippen molar-refractivity contribution in [1.82, 2.24) is 10.2 Å². The van der Waals surface area contributed by atoms with Crippen molar-refractivity contribution in [1.29, 1.82) is 0 Å². The number of hydrogen-bond donors (Lipinski definition) is 2. The summed E-state index contributed by atoms with van der Waals surface area (Å²) in [6.07, 6.45) is 4.48. The Bertz CT molecular complexity index is 828. The van der Waals surface area contributed by atoms with Crippen molar-refractivity contribution in [3.63, 3.8) is 0 Å². The van der Waals surface area contributed by atoms with E-state index in [0.29, 0.717) is 11.5 Å². The Kier molecular flexibility index (Phi) is 9.28. The van der Waals surface area contributed by atoms with Gasteiger partial charge in [0.1, 0.15) is 11.6 Å². The van der Waals surface area contributed by atoms with Crippen LogP contribution in [0.4, 0.5) is 8.78 Å². The smallest absolute Gasteiger partial charge is 0.133 e. The molecule has 1 aromatic heterocycles. The fraction of sp³-hybridized carbons (Fsp3) is 0.364. The first-order chi connectivity index (χ1) is 13.2. The Morgan fingerprint density at radius 2 is 1.89 bits per heavy atom. The number of nitrogens with zero attached hydrogens (tertiary/aromatic N) is 2. The first-order valence-electron chi connectivity index (χ1n) is 9.22. The molecular formula is C22H30F2N4. The highest BCUT2D eigenvalue weighted by Crippen LogP contribution is 2.19. The van der Waals surface area contributed by atoms with Crippen LogP contribution in [0.2, 0.25) is 0 Å². The summed E-state index contributed by atoms with van der Waals surface area (Å²) in [5, 5.41) is 6.96. The van der Waals surface area contributed by atoms with Crippen molar-refractivity contribution in [2.24, 2.45) is 16.6 Å². The van der Waals surface area contributed by atoms with Gasteiger partial charge in [0, 0.05) is 29.6 Å². The molecule has 0 saturated heterocycles. The van der Waals surface area contributed by atoms with Gasteiger partial charge in [0.25, 0.3) is 0 Å². The van der Waals surface area contributed by atoms with E-state index in [-0.39, 0.29) is 5.56 Å². The molecule has 0 aliphatic rings. The fourth-order valence-corrected chi connectivity index (χ4v) is 2.49. The Balaban J connectivity index is 0.000000307. The van der Waals surface area contributed by atoms with Gasteiger partial charge in [-0.2, -0.15) is 5.10 Å². The van der Waals surface area contributed by atoms with Gasteiger partial charge in [-0.1, -0.05) is 26.5 Å². The minimum atomic E-state index is -0.558. The van der Waals surface area contributed by atoms with Crippen molar-refractivity contribution < 1.29 is 8.78 Å². The van der Waals surface area contributed by atoms with E-state index in [1.807, 2.05) is 13.8 Å². The van der Waals surface area contributed by atoms with Crippen LogP contribution in [0.5, 0.6) is 0 Å². The number of rotatable bonds is 6. The lowest BCUT2D eigenvalue weighted by atomic mass is 10.1. The Morgan fingerprint density at radius 1 is 1.29 bits per heavy atom. The number of aromatic amines is 1. The first kappa shape index (κ1) is 23.3. The molecule has 0 bridgehead atoms. The molecule has 0 saturated carbocycles. The molecule has 6 heteroatoms. The van der Waals surface area contributed by atoms with E-state index in [1.54, 1.807) is 19.3 Å². The molecule has 1 heterocycles. The van der Waals surface area contributed by atoms with E-state index < -0.39 is 11.6 Å². The average Bonchev–Trinajstić information content (AvgIpc) is 3.01. The number of H-pyrrole nitrogens is 1. The maximum absolute atomic E-state index is 12.8. The van der Waals surface area contributed by atoms with Gasteiger partial charge in [0.05, 0.1) is 11.9 Å². The van der Waals surface area contributed by atoms with E-state index in [2.05, 4.69) is 35.6 Å². The molecule has 0 aliphatic carbocycles. The lowest BCUT2D eigenvalue weighted by Crippen LogP contribution is -2.04. The monoisotopic (exact) mass is 388 g/mol. The van der Waals surface area contributed by atoms with Gasteiger partial charge in [-0.3, -0.25) is 10.1 Å². The third kappa shape index (κ3) is 6.76. The number of aliphatic imine (C=N–C) groups is 1. The van der Waals surface area contributed by atoms with Crippen LogP contribution in [0, 0.1) is 24.5 Å². The Morgan fingerprint density at radius 3 is 2.29 bits per heavy atom.